The maximum Gasteiger partial charge on any atom is 0.223 e. The van der Waals surface area contributed by atoms with Gasteiger partial charge in [0.05, 0.1) is 6.54 Å². The Bertz CT molecular complexity index is 380. The lowest BCUT2D eigenvalue weighted by Crippen LogP contribution is -2.24. The number of rotatable bonds is 3. The molecule has 1 aliphatic rings. The summed E-state index contributed by atoms with van der Waals surface area (Å²) in [7, 11) is 0. The third-order valence-corrected chi connectivity index (χ3v) is 4.25. The average molecular weight is 239 g/mol. The lowest BCUT2D eigenvalue weighted by atomic mass is 10.1. The lowest BCUT2D eigenvalue weighted by molar-refractivity contribution is -0.128. The van der Waals surface area contributed by atoms with E-state index in [2.05, 4.69) is 19.9 Å². The zero-order chi connectivity index (χ0) is 11.7. The van der Waals surface area contributed by atoms with Gasteiger partial charge in [0.2, 0.25) is 5.91 Å². The van der Waals surface area contributed by atoms with Crippen molar-refractivity contribution in [3.05, 3.63) is 21.4 Å². The highest BCUT2D eigenvalue weighted by molar-refractivity contribution is 7.12. The second-order valence-corrected chi connectivity index (χ2v) is 5.82. The minimum atomic E-state index is 0.116. The highest BCUT2D eigenvalue weighted by atomic mass is 32.1. The maximum atomic E-state index is 11.7. The van der Waals surface area contributed by atoms with Crippen LogP contribution in [0.15, 0.2) is 6.07 Å². The van der Waals surface area contributed by atoms with Crippen molar-refractivity contribution in [2.75, 3.05) is 13.2 Å². The molecule has 1 aliphatic heterocycles. The highest BCUT2D eigenvalue weighted by Gasteiger charge is 2.29. The van der Waals surface area contributed by atoms with Crippen molar-refractivity contribution in [3.63, 3.8) is 0 Å². The van der Waals surface area contributed by atoms with E-state index in [0.717, 1.165) is 0 Å². The van der Waals surface area contributed by atoms with E-state index >= 15 is 0 Å². The molecule has 1 N–H and O–H groups in total. The molecule has 1 unspecified atom stereocenters. The molecule has 2 rings (SSSR count). The fourth-order valence-electron chi connectivity index (χ4n) is 2.04. The number of hydrogen-bond acceptors (Lipinski definition) is 3. The summed E-state index contributed by atoms with van der Waals surface area (Å²) >= 11 is 1.76. The quantitative estimate of drug-likeness (QED) is 0.872. The van der Waals surface area contributed by atoms with Gasteiger partial charge in [-0.2, -0.15) is 0 Å². The Morgan fingerprint density at radius 3 is 2.81 bits per heavy atom. The third kappa shape index (κ3) is 2.28. The number of aryl methyl sites for hydroxylation is 2. The van der Waals surface area contributed by atoms with Crippen LogP contribution in [-0.2, 0) is 11.3 Å². The second-order valence-electron chi connectivity index (χ2n) is 4.48. The fraction of sp³-hybridized carbons (Fsp3) is 0.583. The van der Waals surface area contributed by atoms with Crippen molar-refractivity contribution in [1.29, 1.82) is 0 Å². The van der Waals surface area contributed by atoms with Gasteiger partial charge in [0, 0.05) is 35.2 Å². The zero-order valence-electron chi connectivity index (χ0n) is 9.69. The first-order valence-corrected chi connectivity index (χ1v) is 6.36. The third-order valence-electron chi connectivity index (χ3n) is 3.12. The monoisotopic (exact) mass is 239 g/mol. The van der Waals surface area contributed by atoms with Crippen LogP contribution in [0.3, 0.4) is 0 Å². The van der Waals surface area contributed by atoms with E-state index in [1.807, 2.05) is 4.90 Å². The van der Waals surface area contributed by atoms with E-state index in [1.54, 1.807) is 11.3 Å². The minimum Gasteiger partial charge on any atom is -0.396 e. The first-order valence-electron chi connectivity index (χ1n) is 5.54. The van der Waals surface area contributed by atoms with Gasteiger partial charge in [-0.3, -0.25) is 4.79 Å². The molecule has 88 valence electrons. The van der Waals surface area contributed by atoms with Crippen molar-refractivity contribution < 1.29 is 9.90 Å². The van der Waals surface area contributed by atoms with Crippen molar-refractivity contribution >= 4 is 17.2 Å². The molecule has 1 amide bonds. The topological polar surface area (TPSA) is 40.5 Å². The van der Waals surface area contributed by atoms with E-state index in [4.69, 9.17) is 5.11 Å². The van der Waals surface area contributed by atoms with Crippen molar-refractivity contribution in [2.45, 2.75) is 26.8 Å². The Balaban J connectivity index is 2.02. The molecular weight excluding hydrogens is 222 g/mol. The zero-order valence-corrected chi connectivity index (χ0v) is 10.5. The van der Waals surface area contributed by atoms with Crippen LogP contribution in [0, 0.1) is 19.8 Å². The molecule has 1 fully saturated rings. The first-order chi connectivity index (χ1) is 7.60. The molecule has 0 aromatic carbocycles. The number of aliphatic hydroxyl groups is 1. The van der Waals surface area contributed by atoms with Gasteiger partial charge in [-0.15, -0.1) is 11.3 Å². The number of amides is 1. The number of thiophene rings is 1. The van der Waals surface area contributed by atoms with Gasteiger partial charge in [0.1, 0.15) is 0 Å². The van der Waals surface area contributed by atoms with E-state index in [1.165, 1.54) is 15.3 Å². The summed E-state index contributed by atoms with van der Waals surface area (Å²) in [6.45, 7) is 5.72. The van der Waals surface area contributed by atoms with Crippen LogP contribution in [-0.4, -0.2) is 29.1 Å². The molecule has 4 heteroatoms. The number of aliphatic hydroxyl groups excluding tert-OH is 1. The largest absolute Gasteiger partial charge is 0.396 e. The SMILES string of the molecule is Cc1cc(CN2CC(CO)CC2=O)sc1C. The molecule has 1 atom stereocenters. The van der Waals surface area contributed by atoms with Crippen molar-refractivity contribution in [3.8, 4) is 0 Å². The molecule has 1 aromatic heterocycles. The highest BCUT2D eigenvalue weighted by Crippen LogP contribution is 2.25. The molecule has 0 bridgehead atoms. The smallest absolute Gasteiger partial charge is 0.223 e. The predicted molar refractivity (Wildman–Crippen MR) is 64.4 cm³/mol. The number of likely N-dealkylation sites (tertiary alicyclic amines) is 1. The van der Waals surface area contributed by atoms with Gasteiger partial charge in [0.15, 0.2) is 0 Å². The molecule has 0 saturated carbocycles. The summed E-state index contributed by atoms with van der Waals surface area (Å²) in [6.07, 6.45) is 0.500. The average Bonchev–Trinajstić information content (AvgIpc) is 2.73. The minimum absolute atomic E-state index is 0.116. The van der Waals surface area contributed by atoms with Crippen LogP contribution >= 0.6 is 11.3 Å². The maximum absolute atomic E-state index is 11.7. The van der Waals surface area contributed by atoms with Crippen LogP contribution in [0.4, 0.5) is 0 Å². The summed E-state index contributed by atoms with van der Waals surface area (Å²) in [5.74, 6) is 0.303. The number of hydrogen-bond donors (Lipinski definition) is 1. The molecule has 16 heavy (non-hydrogen) atoms. The molecule has 3 nitrogen and oxygen atoms in total. The van der Waals surface area contributed by atoms with Crippen LogP contribution < -0.4 is 0 Å². The Kier molecular flexibility index (Phi) is 3.30. The first kappa shape index (κ1) is 11.6. The summed E-state index contributed by atoms with van der Waals surface area (Å²) in [6, 6.07) is 2.15. The van der Waals surface area contributed by atoms with Gasteiger partial charge in [-0.1, -0.05) is 0 Å². The summed E-state index contributed by atoms with van der Waals surface area (Å²) in [5, 5.41) is 9.04. The Morgan fingerprint density at radius 1 is 1.56 bits per heavy atom. The lowest BCUT2D eigenvalue weighted by Gasteiger charge is -2.14. The molecule has 1 aromatic rings. The molecule has 0 spiro atoms. The van der Waals surface area contributed by atoms with Crippen LogP contribution in [0.25, 0.3) is 0 Å². The predicted octanol–water partition coefficient (Wildman–Crippen LogP) is 1.71. The van der Waals surface area contributed by atoms with Gasteiger partial charge in [0.25, 0.3) is 0 Å². The Hall–Kier alpha value is -0.870. The number of nitrogens with zero attached hydrogens (tertiary/aromatic N) is 1. The molecule has 1 saturated heterocycles. The summed E-state index contributed by atoms with van der Waals surface area (Å²) in [4.78, 5) is 16.1. The Morgan fingerprint density at radius 2 is 2.31 bits per heavy atom. The van der Waals surface area contributed by atoms with E-state index in [9.17, 15) is 4.79 Å². The van der Waals surface area contributed by atoms with Crippen LogP contribution in [0.2, 0.25) is 0 Å². The standard InChI is InChI=1S/C12H17NO2S/c1-8-3-11(16-9(8)2)6-13-5-10(7-14)4-12(13)15/h3,10,14H,4-7H2,1-2H3. The van der Waals surface area contributed by atoms with Crippen molar-refractivity contribution in [1.82, 2.24) is 4.90 Å². The van der Waals surface area contributed by atoms with Gasteiger partial charge < -0.3 is 10.0 Å². The summed E-state index contributed by atoms with van der Waals surface area (Å²) < 4.78 is 0. The molecule has 0 radical (unpaired) electrons. The van der Waals surface area contributed by atoms with Gasteiger partial charge in [-0.25, -0.2) is 0 Å². The Labute approximate surface area is 99.7 Å². The van der Waals surface area contributed by atoms with Crippen molar-refractivity contribution in [2.24, 2.45) is 5.92 Å². The molecule has 0 aliphatic carbocycles. The fourth-order valence-corrected chi connectivity index (χ4v) is 3.11. The summed E-state index contributed by atoms with van der Waals surface area (Å²) in [5.41, 5.74) is 1.30. The number of carbonyl (C=O) groups is 1. The van der Waals surface area contributed by atoms with E-state index in [-0.39, 0.29) is 18.4 Å². The van der Waals surface area contributed by atoms with Gasteiger partial charge >= 0.3 is 0 Å². The molecular formula is C12H17NO2S. The normalized spacial score (nSPS) is 20.8. The van der Waals surface area contributed by atoms with E-state index in [0.29, 0.717) is 19.5 Å². The number of carbonyl (C=O) groups excluding carboxylic acids is 1. The van der Waals surface area contributed by atoms with Crippen LogP contribution in [0.5, 0.6) is 0 Å². The van der Waals surface area contributed by atoms with Gasteiger partial charge in [-0.05, 0) is 25.5 Å². The van der Waals surface area contributed by atoms with Crippen LogP contribution in [0.1, 0.15) is 21.7 Å². The second kappa shape index (κ2) is 4.55. The van der Waals surface area contributed by atoms with E-state index < -0.39 is 0 Å². The molecule has 2 heterocycles.